The van der Waals surface area contributed by atoms with E-state index in [-0.39, 0.29) is 30.4 Å². The van der Waals surface area contributed by atoms with E-state index < -0.39 is 0 Å². The Hall–Kier alpha value is -1.14. The van der Waals surface area contributed by atoms with Crippen LogP contribution in [-0.2, 0) is 19.1 Å². The van der Waals surface area contributed by atoms with Crippen LogP contribution in [0.2, 0.25) is 0 Å². The second-order valence-corrected chi connectivity index (χ2v) is 17.6. The highest BCUT2D eigenvalue weighted by Gasteiger charge is 2.21. The molecule has 0 bridgehead atoms. The molecule has 0 saturated heterocycles. The SMILES string of the molecule is CN(CCCCO)C(CCCCCOC(=O)C1CCCCCCCCCCCCCC1)CCCCCOC(=O)C1CCCCCCCCCCCCCC1. The molecule has 0 amide bonds. The highest BCUT2D eigenvalue weighted by atomic mass is 16.5. The molecule has 6 heteroatoms. The number of nitrogens with zero attached hydrogens (tertiary/aromatic N) is 1. The summed E-state index contributed by atoms with van der Waals surface area (Å²) in [4.78, 5) is 28.7. The van der Waals surface area contributed by atoms with Crippen LogP contribution in [-0.4, -0.2) is 61.4 Å². The number of ether oxygens (including phenoxy) is 2. The van der Waals surface area contributed by atoms with Gasteiger partial charge in [0.1, 0.15) is 0 Å². The summed E-state index contributed by atoms with van der Waals surface area (Å²) < 4.78 is 11.8. The minimum Gasteiger partial charge on any atom is -0.465 e. The predicted molar refractivity (Wildman–Crippen MR) is 228 cm³/mol. The lowest BCUT2D eigenvalue weighted by Gasteiger charge is -2.28. The number of carbonyl (C=O) groups excluding carboxylic acids is 2. The first-order chi connectivity index (χ1) is 26.6. The number of rotatable bonds is 19. The third-order valence-electron chi connectivity index (χ3n) is 12.8. The van der Waals surface area contributed by atoms with Crippen LogP contribution in [0, 0.1) is 11.8 Å². The van der Waals surface area contributed by atoms with E-state index in [0.29, 0.717) is 19.3 Å². The third kappa shape index (κ3) is 27.5. The first-order valence-electron chi connectivity index (χ1n) is 24.3. The fourth-order valence-corrected chi connectivity index (χ4v) is 9.00. The summed E-state index contributed by atoms with van der Waals surface area (Å²) in [5.41, 5.74) is 0. The van der Waals surface area contributed by atoms with Crippen molar-refractivity contribution < 1.29 is 24.2 Å². The Kier molecular flexibility index (Phi) is 32.9. The van der Waals surface area contributed by atoms with E-state index in [1.54, 1.807) is 0 Å². The van der Waals surface area contributed by atoms with Crippen molar-refractivity contribution in [2.24, 2.45) is 11.8 Å². The van der Waals surface area contributed by atoms with E-state index >= 15 is 0 Å². The van der Waals surface area contributed by atoms with E-state index in [9.17, 15) is 14.7 Å². The van der Waals surface area contributed by atoms with Crippen molar-refractivity contribution in [3.63, 3.8) is 0 Å². The molecule has 0 aromatic rings. The van der Waals surface area contributed by atoms with Gasteiger partial charge in [-0.05, 0) is 77.8 Å². The zero-order valence-corrected chi connectivity index (χ0v) is 36.0. The number of unbranched alkanes of at least 4 members (excludes halogenated alkanes) is 5. The molecule has 6 nitrogen and oxygen atoms in total. The van der Waals surface area contributed by atoms with Gasteiger partial charge in [0.25, 0.3) is 0 Å². The highest BCUT2D eigenvalue weighted by Crippen LogP contribution is 2.24. The molecule has 2 saturated carbocycles. The van der Waals surface area contributed by atoms with Crippen molar-refractivity contribution in [3.8, 4) is 0 Å². The molecular formula is C48H91NO5. The van der Waals surface area contributed by atoms with E-state index in [0.717, 1.165) is 96.4 Å². The van der Waals surface area contributed by atoms with Gasteiger partial charge in [0, 0.05) is 12.6 Å². The van der Waals surface area contributed by atoms with Crippen LogP contribution in [0.5, 0.6) is 0 Å². The largest absolute Gasteiger partial charge is 0.465 e. The maximum absolute atomic E-state index is 13.1. The molecule has 0 spiro atoms. The van der Waals surface area contributed by atoms with Gasteiger partial charge in [-0.25, -0.2) is 0 Å². The highest BCUT2D eigenvalue weighted by molar-refractivity contribution is 5.72. The number of aliphatic hydroxyl groups excluding tert-OH is 1. The Morgan fingerprint density at radius 2 is 0.778 bits per heavy atom. The Morgan fingerprint density at radius 3 is 1.09 bits per heavy atom. The Morgan fingerprint density at radius 1 is 0.463 bits per heavy atom. The lowest BCUT2D eigenvalue weighted by Crippen LogP contribution is -2.32. The molecule has 2 aliphatic carbocycles. The summed E-state index contributed by atoms with van der Waals surface area (Å²) in [5.74, 6) is 0.321. The molecule has 2 fully saturated rings. The molecule has 0 aliphatic heterocycles. The summed E-state index contributed by atoms with van der Waals surface area (Å²) in [5, 5.41) is 9.32. The zero-order chi connectivity index (χ0) is 38.6. The van der Waals surface area contributed by atoms with Crippen LogP contribution < -0.4 is 0 Å². The molecule has 0 heterocycles. The molecule has 54 heavy (non-hydrogen) atoms. The Bertz CT molecular complexity index is 759. The van der Waals surface area contributed by atoms with E-state index in [2.05, 4.69) is 11.9 Å². The summed E-state index contributed by atoms with van der Waals surface area (Å²) in [6, 6.07) is 0.525. The Labute approximate surface area is 335 Å². The molecule has 0 radical (unpaired) electrons. The van der Waals surface area contributed by atoms with Gasteiger partial charge >= 0.3 is 11.9 Å². The maximum atomic E-state index is 13.1. The minimum atomic E-state index is 0.0638. The molecular weight excluding hydrogens is 671 g/mol. The number of esters is 2. The summed E-state index contributed by atoms with van der Waals surface area (Å²) in [7, 11) is 2.24. The monoisotopic (exact) mass is 762 g/mol. The second kappa shape index (κ2) is 36.2. The van der Waals surface area contributed by atoms with E-state index in [1.165, 1.54) is 154 Å². The molecule has 318 valence electrons. The number of aliphatic hydroxyl groups is 1. The van der Waals surface area contributed by atoms with Crippen molar-refractivity contribution in [1.82, 2.24) is 4.90 Å². The van der Waals surface area contributed by atoms with Crippen LogP contribution in [0.3, 0.4) is 0 Å². The topological polar surface area (TPSA) is 76.1 Å². The molecule has 0 aromatic heterocycles. The van der Waals surface area contributed by atoms with Crippen molar-refractivity contribution in [2.45, 2.75) is 250 Å². The molecule has 0 aromatic carbocycles. The summed E-state index contributed by atoms with van der Waals surface area (Å²) in [6.07, 6.45) is 46.1. The fourth-order valence-electron chi connectivity index (χ4n) is 9.00. The Balaban J connectivity index is 1.67. The van der Waals surface area contributed by atoms with Gasteiger partial charge in [-0.1, -0.05) is 180 Å². The van der Waals surface area contributed by atoms with Crippen molar-refractivity contribution in [3.05, 3.63) is 0 Å². The van der Waals surface area contributed by atoms with Crippen LogP contribution in [0.15, 0.2) is 0 Å². The molecule has 0 atom stereocenters. The van der Waals surface area contributed by atoms with Crippen molar-refractivity contribution in [2.75, 3.05) is 33.4 Å². The minimum absolute atomic E-state index is 0.0638. The van der Waals surface area contributed by atoms with Gasteiger partial charge in [0.15, 0.2) is 0 Å². The number of carbonyl (C=O) groups is 2. The smallest absolute Gasteiger partial charge is 0.308 e. The second-order valence-electron chi connectivity index (χ2n) is 17.6. The van der Waals surface area contributed by atoms with E-state index in [4.69, 9.17) is 9.47 Å². The molecule has 1 N–H and O–H groups in total. The lowest BCUT2D eigenvalue weighted by atomic mass is 9.94. The van der Waals surface area contributed by atoms with Gasteiger partial charge in [-0.15, -0.1) is 0 Å². The molecule has 2 rings (SSSR count). The number of hydrogen-bond donors (Lipinski definition) is 1. The standard InChI is InChI=1S/C48H91NO5/c1-49(40-30-31-41-50)46(38-28-22-32-42-53-47(51)44-34-24-18-14-10-6-2-3-7-11-15-19-25-35-44)39-29-23-33-43-54-48(52)45-36-26-20-16-12-8-4-5-9-13-17-21-27-37-45/h44-46,50H,2-43H2,1H3. The van der Waals surface area contributed by atoms with Gasteiger partial charge in [0.05, 0.1) is 25.0 Å². The first-order valence-corrected chi connectivity index (χ1v) is 24.3. The van der Waals surface area contributed by atoms with Gasteiger partial charge in [-0.3, -0.25) is 9.59 Å². The normalized spacial score (nSPS) is 19.7. The average molecular weight is 762 g/mol. The first kappa shape index (κ1) is 49.0. The lowest BCUT2D eigenvalue weighted by molar-refractivity contribution is -0.150. The van der Waals surface area contributed by atoms with Crippen LogP contribution >= 0.6 is 0 Å². The number of hydrogen-bond acceptors (Lipinski definition) is 6. The van der Waals surface area contributed by atoms with E-state index in [1.807, 2.05) is 0 Å². The van der Waals surface area contributed by atoms with Crippen LogP contribution in [0.4, 0.5) is 0 Å². The van der Waals surface area contributed by atoms with Gasteiger partial charge in [0.2, 0.25) is 0 Å². The van der Waals surface area contributed by atoms with Crippen molar-refractivity contribution >= 4 is 11.9 Å². The van der Waals surface area contributed by atoms with Crippen LogP contribution in [0.25, 0.3) is 0 Å². The summed E-state index contributed by atoms with van der Waals surface area (Å²) in [6.45, 7) is 2.40. The maximum Gasteiger partial charge on any atom is 0.308 e. The molecule has 2 aliphatic rings. The quantitative estimate of drug-likeness (QED) is 0.104. The van der Waals surface area contributed by atoms with Crippen LogP contribution in [0.1, 0.15) is 244 Å². The fraction of sp³-hybridized carbons (Fsp3) is 0.958. The molecule has 0 unspecified atom stereocenters. The summed E-state index contributed by atoms with van der Waals surface area (Å²) >= 11 is 0. The van der Waals surface area contributed by atoms with Gasteiger partial charge < -0.3 is 19.5 Å². The van der Waals surface area contributed by atoms with Gasteiger partial charge in [-0.2, -0.15) is 0 Å². The third-order valence-corrected chi connectivity index (χ3v) is 12.8. The van der Waals surface area contributed by atoms with Crippen molar-refractivity contribution in [1.29, 1.82) is 0 Å². The average Bonchev–Trinajstić information content (AvgIpc) is 3.19. The predicted octanol–water partition coefficient (Wildman–Crippen LogP) is 13.4. The zero-order valence-electron chi connectivity index (χ0n) is 36.0.